The fourth-order valence-corrected chi connectivity index (χ4v) is 4.02. The van der Waals surface area contributed by atoms with Gasteiger partial charge in [0.1, 0.15) is 5.83 Å². The Morgan fingerprint density at radius 2 is 2.16 bits per heavy atom. The minimum absolute atomic E-state index is 0.0235. The molecular weight excluding hydrogens is 345 g/mol. The van der Waals surface area contributed by atoms with Crippen LogP contribution >= 0.6 is 11.3 Å². The number of carbonyl (C=O) groups excluding carboxylic acids is 1. The Labute approximate surface area is 148 Å². The van der Waals surface area contributed by atoms with Crippen LogP contribution in [0.4, 0.5) is 4.39 Å². The number of allylic oxidation sites excluding steroid dienone is 2. The summed E-state index contributed by atoms with van der Waals surface area (Å²) in [6.07, 6.45) is 1.26. The summed E-state index contributed by atoms with van der Waals surface area (Å²) in [6.45, 7) is 3.61. The van der Waals surface area contributed by atoms with Gasteiger partial charge in [0.05, 0.1) is 25.1 Å². The van der Waals surface area contributed by atoms with E-state index in [1.807, 2.05) is 6.92 Å². The molecule has 1 atom stereocenters. The number of amides is 1. The predicted octanol–water partition coefficient (Wildman–Crippen LogP) is 3.79. The maximum absolute atomic E-state index is 14.3. The number of carboxylic acid groups (broad SMARTS) is 1. The van der Waals surface area contributed by atoms with Gasteiger partial charge in [0.2, 0.25) is 0 Å². The first-order valence-electron chi connectivity index (χ1n) is 7.78. The van der Waals surface area contributed by atoms with Gasteiger partial charge in [-0.1, -0.05) is 0 Å². The first-order chi connectivity index (χ1) is 11.8. The molecule has 0 radical (unpaired) electrons. The summed E-state index contributed by atoms with van der Waals surface area (Å²) in [5.41, 5.74) is 2.26. The third-order valence-electron chi connectivity index (χ3n) is 4.49. The molecule has 0 saturated carbocycles. The van der Waals surface area contributed by atoms with Crippen LogP contribution in [0, 0.1) is 6.92 Å². The average Bonchev–Trinajstić information content (AvgIpc) is 3.08. The molecule has 1 N–H and O–H groups in total. The van der Waals surface area contributed by atoms with E-state index in [0.717, 1.165) is 4.88 Å². The second kappa shape index (κ2) is 6.48. The van der Waals surface area contributed by atoms with E-state index in [0.29, 0.717) is 22.4 Å². The van der Waals surface area contributed by atoms with Crippen LogP contribution in [0.2, 0.25) is 0 Å². The molecule has 0 bridgehead atoms. The zero-order valence-corrected chi connectivity index (χ0v) is 14.9. The van der Waals surface area contributed by atoms with Crippen LogP contribution in [0.1, 0.15) is 35.0 Å². The van der Waals surface area contributed by atoms with Gasteiger partial charge >= 0.3 is 5.97 Å². The predicted molar refractivity (Wildman–Crippen MR) is 91.8 cm³/mol. The second-order valence-corrected chi connectivity index (χ2v) is 7.16. The summed E-state index contributed by atoms with van der Waals surface area (Å²) < 4.78 is 19.3. The van der Waals surface area contributed by atoms with Crippen LogP contribution in [0.15, 0.2) is 46.0 Å². The minimum atomic E-state index is -0.997. The highest BCUT2D eigenvalue weighted by Gasteiger charge is 2.41. The van der Waals surface area contributed by atoms with Gasteiger partial charge in [0.25, 0.3) is 5.91 Å². The monoisotopic (exact) mass is 363 g/mol. The van der Waals surface area contributed by atoms with Crippen molar-refractivity contribution in [1.82, 2.24) is 4.90 Å². The van der Waals surface area contributed by atoms with E-state index in [1.165, 1.54) is 29.4 Å². The molecule has 0 fully saturated rings. The van der Waals surface area contributed by atoms with E-state index in [4.69, 9.17) is 4.74 Å². The number of methoxy groups -OCH3 is 1. The lowest BCUT2D eigenvalue weighted by atomic mass is 9.92. The van der Waals surface area contributed by atoms with Gasteiger partial charge in [-0.3, -0.25) is 9.59 Å². The Hall–Kier alpha value is -2.41. The maximum Gasteiger partial charge on any atom is 0.307 e. The lowest BCUT2D eigenvalue weighted by molar-refractivity contribution is -0.136. The normalized spacial score (nSPS) is 19.9. The van der Waals surface area contributed by atoms with E-state index in [9.17, 15) is 19.1 Å². The molecule has 1 aliphatic heterocycles. The Morgan fingerprint density at radius 1 is 1.44 bits per heavy atom. The standard InChI is InChI=1S/C18H18FNO4S/c1-9-4-11(8-25-9)18(23)20-10(2)12(6-17(21)22)13-5-16(24-3)14(19)7-15(13)20/h4-5,8,15H,6-7H2,1-3H3,(H,21,22). The smallest absolute Gasteiger partial charge is 0.307 e. The summed E-state index contributed by atoms with van der Waals surface area (Å²) in [6, 6.07) is 1.25. The Balaban J connectivity index is 2.06. The molecule has 1 aromatic heterocycles. The molecule has 0 spiro atoms. The van der Waals surface area contributed by atoms with E-state index in [-0.39, 0.29) is 24.5 Å². The Kier molecular flexibility index (Phi) is 4.51. The molecule has 0 saturated heterocycles. The van der Waals surface area contributed by atoms with Crippen molar-refractivity contribution in [3.63, 3.8) is 0 Å². The first-order valence-corrected chi connectivity index (χ1v) is 8.66. The number of rotatable bonds is 4. The zero-order valence-electron chi connectivity index (χ0n) is 14.1. The second-order valence-electron chi connectivity index (χ2n) is 6.05. The third-order valence-corrected chi connectivity index (χ3v) is 5.35. The fraction of sp³-hybridized carbons (Fsp3) is 0.333. The van der Waals surface area contributed by atoms with Gasteiger partial charge in [0, 0.05) is 22.4 Å². The molecule has 5 nitrogen and oxygen atoms in total. The number of aliphatic carboxylic acids is 1. The van der Waals surface area contributed by atoms with Crippen molar-refractivity contribution in [3.8, 4) is 0 Å². The number of halogens is 1. The van der Waals surface area contributed by atoms with Gasteiger partial charge in [-0.2, -0.15) is 0 Å². The van der Waals surface area contributed by atoms with E-state index < -0.39 is 17.8 Å². The summed E-state index contributed by atoms with van der Waals surface area (Å²) in [7, 11) is 1.37. The highest BCUT2D eigenvalue weighted by Crippen LogP contribution is 2.43. The number of carbonyl (C=O) groups is 2. The quantitative estimate of drug-likeness (QED) is 0.884. The van der Waals surface area contributed by atoms with E-state index >= 15 is 0 Å². The van der Waals surface area contributed by atoms with Crippen molar-refractivity contribution in [2.24, 2.45) is 0 Å². The molecule has 1 aliphatic carbocycles. The fourth-order valence-electron chi connectivity index (χ4n) is 3.34. The van der Waals surface area contributed by atoms with Crippen LogP contribution in [-0.2, 0) is 9.53 Å². The number of fused-ring (bicyclic) bond motifs is 1. The van der Waals surface area contributed by atoms with Crippen molar-refractivity contribution in [2.45, 2.75) is 32.7 Å². The number of hydrogen-bond acceptors (Lipinski definition) is 4. The molecule has 7 heteroatoms. The van der Waals surface area contributed by atoms with Crippen LogP contribution < -0.4 is 0 Å². The zero-order chi connectivity index (χ0) is 18.3. The molecule has 2 heterocycles. The largest absolute Gasteiger partial charge is 0.494 e. The van der Waals surface area contributed by atoms with Crippen molar-refractivity contribution in [1.29, 1.82) is 0 Å². The summed E-state index contributed by atoms with van der Waals surface area (Å²) in [5, 5.41) is 11.0. The van der Waals surface area contributed by atoms with Crippen molar-refractivity contribution < 1.29 is 23.8 Å². The molecule has 1 aromatic rings. The first kappa shape index (κ1) is 17.4. The van der Waals surface area contributed by atoms with Gasteiger partial charge in [-0.05, 0) is 37.1 Å². The molecule has 1 unspecified atom stereocenters. The summed E-state index contributed by atoms with van der Waals surface area (Å²) in [4.78, 5) is 26.7. The number of thiophene rings is 1. The highest BCUT2D eigenvalue weighted by atomic mass is 32.1. The van der Waals surface area contributed by atoms with Gasteiger partial charge in [0.15, 0.2) is 5.76 Å². The van der Waals surface area contributed by atoms with Gasteiger partial charge in [-0.15, -0.1) is 11.3 Å². The molecule has 3 rings (SSSR count). The van der Waals surface area contributed by atoms with Gasteiger partial charge < -0.3 is 14.7 Å². The molecule has 132 valence electrons. The van der Waals surface area contributed by atoms with E-state index in [1.54, 1.807) is 18.4 Å². The lowest BCUT2D eigenvalue weighted by Crippen LogP contribution is -2.37. The van der Waals surface area contributed by atoms with Crippen LogP contribution in [-0.4, -0.2) is 35.0 Å². The SMILES string of the molecule is COC1=C(F)CC2C(=C1)C(CC(=O)O)=C(C)N2C(=O)c1csc(C)c1. The average molecular weight is 363 g/mol. The summed E-state index contributed by atoms with van der Waals surface area (Å²) >= 11 is 1.46. The molecule has 2 aliphatic rings. The number of carboxylic acids is 1. The van der Waals surface area contributed by atoms with Crippen molar-refractivity contribution in [3.05, 3.63) is 56.4 Å². The Bertz CT molecular complexity index is 849. The van der Waals surface area contributed by atoms with Gasteiger partial charge in [-0.25, -0.2) is 4.39 Å². The third kappa shape index (κ3) is 3.00. The van der Waals surface area contributed by atoms with Crippen LogP contribution in [0.3, 0.4) is 0 Å². The van der Waals surface area contributed by atoms with Crippen LogP contribution in [0.25, 0.3) is 0 Å². The van der Waals surface area contributed by atoms with E-state index in [2.05, 4.69) is 0 Å². The molecule has 1 amide bonds. The topological polar surface area (TPSA) is 66.8 Å². The number of aryl methyl sites for hydroxylation is 1. The van der Waals surface area contributed by atoms with Crippen LogP contribution in [0.5, 0.6) is 0 Å². The lowest BCUT2D eigenvalue weighted by Gasteiger charge is -2.29. The minimum Gasteiger partial charge on any atom is -0.494 e. The Morgan fingerprint density at radius 3 is 2.72 bits per heavy atom. The molecule has 0 aromatic carbocycles. The van der Waals surface area contributed by atoms with Crippen molar-refractivity contribution >= 4 is 23.2 Å². The molecule has 25 heavy (non-hydrogen) atoms. The highest BCUT2D eigenvalue weighted by molar-refractivity contribution is 7.10. The maximum atomic E-state index is 14.3. The summed E-state index contributed by atoms with van der Waals surface area (Å²) in [5.74, 6) is -1.60. The number of nitrogens with zero attached hydrogens (tertiary/aromatic N) is 1. The number of hydrogen-bond donors (Lipinski definition) is 1. The van der Waals surface area contributed by atoms with Crippen molar-refractivity contribution in [2.75, 3.05) is 7.11 Å². The molecular formula is C18H18FNO4S. The number of ether oxygens (including phenoxy) is 1.